The van der Waals surface area contributed by atoms with E-state index in [1.165, 1.54) is 0 Å². The molecule has 0 aliphatic carbocycles. The first-order chi connectivity index (χ1) is 10.0. The van der Waals surface area contributed by atoms with Gasteiger partial charge in [-0.15, -0.1) is 5.10 Å². The molecule has 0 bridgehead atoms. The number of rotatable bonds is 6. The third-order valence-corrected chi connectivity index (χ3v) is 3.28. The Morgan fingerprint density at radius 2 is 2.05 bits per heavy atom. The van der Waals surface area contributed by atoms with Gasteiger partial charge < -0.3 is 10.1 Å². The summed E-state index contributed by atoms with van der Waals surface area (Å²) < 4.78 is 7.16. The van der Waals surface area contributed by atoms with Crippen molar-refractivity contribution in [3.8, 4) is 11.4 Å². The van der Waals surface area contributed by atoms with E-state index in [1.54, 1.807) is 11.8 Å². The van der Waals surface area contributed by atoms with E-state index in [0.29, 0.717) is 5.92 Å². The number of ether oxygens (including phenoxy) is 1. The third kappa shape index (κ3) is 3.58. The van der Waals surface area contributed by atoms with Crippen molar-refractivity contribution in [1.29, 1.82) is 0 Å². The molecule has 6 heteroatoms. The van der Waals surface area contributed by atoms with E-state index >= 15 is 0 Å². The Bertz CT molecular complexity index is 593. The molecule has 114 valence electrons. The number of benzene rings is 1. The van der Waals surface area contributed by atoms with Gasteiger partial charge in [0.15, 0.2) is 5.82 Å². The normalized spacial score (nSPS) is 12.7. The summed E-state index contributed by atoms with van der Waals surface area (Å²) in [5.41, 5.74) is 1.99. The number of hydrogen-bond acceptors (Lipinski definition) is 5. The topological polar surface area (TPSA) is 64.9 Å². The first kappa shape index (κ1) is 15.4. The molecule has 6 nitrogen and oxygen atoms in total. The van der Waals surface area contributed by atoms with Crippen LogP contribution in [0.1, 0.15) is 38.2 Å². The molecular weight excluding hydrogens is 266 g/mol. The second-order valence-corrected chi connectivity index (χ2v) is 5.65. The van der Waals surface area contributed by atoms with Gasteiger partial charge in [0.2, 0.25) is 0 Å². The van der Waals surface area contributed by atoms with Gasteiger partial charge in [0.25, 0.3) is 0 Å². The fraction of sp³-hybridized carbons (Fsp3) is 0.533. The minimum atomic E-state index is 0.0626. The van der Waals surface area contributed by atoms with Crippen molar-refractivity contribution in [2.45, 2.75) is 33.7 Å². The van der Waals surface area contributed by atoms with Crippen molar-refractivity contribution in [3.63, 3.8) is 0 Å². The highest BCUT2D eigenvalue weighted by Crippen LogP contribution is 2.25. The first-order valence-corrected chi connectivity index (χ1v) is 7.19. The second-order valence-electron chi connectivity index (χ2n) is 5.65. The molecule has 0 aliphatic rings. The summed E-state index contributed by atoms with van der Waals surface area (Å²) in [6.07, 6.45) is 0. The number of aromatic nitrogens is 4. The Kier molecular flexibility index (Phi) is 4.90. The molecule has 2 rings (SSSR count). The molecule has 0 saturated heterocycles. The van der Waals surface area contributed by atoms with Gasteiger partial charge in [0.05, 0.1) is 13.2 Å². The lowest BCUT2D eigenvalue weighted by Gasteiger charge is -2.16. The van der Waals surface area contributed by atoms with Crippen LogP contribution in [0.25, 0.3) is 5.69 Å². The second kappa shape index (κ2) is 6.67. The highest BCUT2D eigenvalue weighted by molar-refractivity contribution is 5.48. The minimum absolute atomic E-state index is 0.0626. The van der Waals surface area contributed by atoms with Crippen LogP contribution in [0.4, 0.5) is 0 Å². The number of aryl methyl sites for hydroxylation is 1. The zero-order chi connectivity index (χ0) is 15.4. The van der Waals surface area contributed by atoms with E-state index in [1.807, 2.05) is 25.1 Å². The van der Waals surface area contributed by atoms with Crippen molar-refractivity contribution in [1.82, 2.24) is 25.5 Å². The molecule has 1 heterocycles. The number of hydrogen-bond donors (Lipinski definition) is 1. The zero-order valence-electron chi connectivity index (χ0n) is 13.3. The minimum Gasteiger partial charge on any atom is -0.494 e. The highest BCUT2D eigenvalue weighted by atomic mass is 16.5. The Hall–Kier alpha value is -1.95. The van der Waals surface area contributed by atoms with Gasteiger partial charge in [0.1, 0.15) is 11.4 Å². The van der Waals surface area contributed by atoms with Gasteiger partial charge in [-0.2, -0.15) is 4.68 Å². The first-order valence-electron chi connectivity index (χ1n) is 7.19. The molecule has 0 aliphatic heterocycles. The Balaban J connectivity index is 2.34. The molecule has 21 heavy (non-hydrogen) atoms. The monoisotopic (exact) mass is 289 g/mol. The van der Waals surface area contributed by atoms with E-state index in [-0.39, 0.29) is 6.04 Å². The van der Waals surface area contributed by atoms with Crippen LogP contribution in [-0.2, 0) is 0 Å². The van der Waals surface area contributed by atoms with E-state index in [0.717, 1.165) is 29.4 Å². The lowest BCUT2D eigenvalue weighted by Crippen LogP contribution is -2.25. The van der Waals surface area contributed by atoms with Crippen molar-refractivity contribution in [2.24, 2.45) is 5.92 Å². The molecule has 1 aromatic heterocycles. The van der Waals surface area contributed by atoms with Gasteiger partial charge in [-0.3, -0.25) is 0 Å². The van der Waals surface area contributed by atoms with Crippen molar-refractivity contribution in [3.05, 3.63) is 29.6 Å². The van der Waals surface area contributed by atoms with E-state index in [2.05, 4.69) is 41.6 Å². The maximum absolute atomic E-state index is 5.42. The van der Waals surface area contributed by atoms with Crippen LogP contribution in [0.15, 0.2) is 18.2 Å². The van der Waals surface area contributed by atoms with Crippen LogP contribution in [0.2, 0.25) is 0 Å². The fourth-order valence-corrected chi connectivity index (χ4v) is 2.10. The molecule has 0 spiro atoms. The van der Waals surface area contributed by atoms with Crippen molar-refractivity contribution < 1.29 is 4.74 Å². The average Bonchev–Trinajstić information content (AvgIpc) is 2.94. The predicted octanol–water partition coefficient (Wildman–Crippen LogP) is 2.29. The van der Waals surface area contributed by atoms with Crippen LogP contribution in [0.3, 0.4) is 0 Å². The standard InChI is InChI=1S/C15H23N5O/c1-10(2)9-16-12(4)15-17-18-19-20(15)13-8-11(3)6-7-14(13)21-5/h6-8,10,12,16H,9H2,1-5H3. The molecule has 1 N–H and O–H groups in total. The maximum Gasteiger partial charge on any atom is 0.173 e. The SMILES string of the molecule is COc1ccc(C)cc1-n1nnnc1C(C)NCC(C)C. The van der Waals surface area contributed by atoms with Crippen LogP contribution in [0, 0.1) is 12.8 Å². The summed E-state index contributed by atoms with van der Waals surface area (Å²) in [5.74, 6) is 2.11. The van der Waals surface area contributed by atoms with Crippen LogP contribution in [0.5, 0.6) is 5.75 Å². The molecule has 0 radical (unpaired) electrons. The van der Waals surface area contributed by atoms with Gasteiger partial charge in [-0.05, 0) is 54.4 Å². The fourth-order valence-electron chi connectivity index (χ4n) is 2.10. The van der Waals surface area contributed by atoms with Crippen LogP contribution < -0.4 is 10.1 Å². The predicted molar refractivity (Wildman–Crippen MR) is 81.7 cm³/mol. The molecule has 0 saturated carbocycles. The number of nitrogens with one attached hydrogen (secondary N) is 1. The third-order valence-electron chi connectivity index (χ3n) is 3.28. The van der Waals surface area contributed by atoms with Gasteiger partial charge in [-0.1, -0.05) is 19.9 Å². The molecule has 1 atom stereocenters. The Morgan fingerprint density at radius 1 is 1.29 bits per heavy atom. The van der Waals surface area contributed by atoms with E-state index in [4.69, 9.17) is 4.74 Å². The summed E-state index contributed by atoms with van der Waals surface area (Å²) in [4.78, 5) is 0. The maximum atomic E-state index is 5.42. The highest BCUT2D eigenvalue weighted by Gasteiger charge is 2.18. The van der Waals surface area contributed by atoms with Gasteiger partial charge >= 0.3 is 0 Å². The molecule has 1 unspecified atom stereocenters. The van der Waals surface area contributed by atoms with Crippen molar-refractivity contribution >= 4 is 0 Å². The van der Waals surface area contributed by atoms with Gasteiger partial charge in [0, 0.05) is 0 Å². The number of tetrazole rings is 1. The smallest absolute Gasteiger partial charge is 0.173 e. The molecular formula is C15H23N5O. The van der Waals surface area contributed by atoms with E-state index in [9.17, 15) is 0 Å². The number of methoxy groups -OCH3 is 1. The Labute approximate surface area is 125 Å². The summed E-state index contributed by atoms with van der Waals surface area (Å²) >= 11 is 0. The van der Waals surface area contributed by atoms with Gasteiger partial charge in [-0.25, -0.2) is 0 Å². The zero-order valence-corrected chi connectivity index (χ0v) is 13.3. The molecule has 0 amide bonds. The van der Waals surface area contributed by atoms with Crippen molar-refractivity contribution in [2.75, 3.05) is 13.7 Å². The Morgan fingerprint density at radius 3 is 2.71 bits per heavy atom. The summed E-state index contributed by atoms with van der Waals surface area (Å²) in [5, 5.41) is 15.5. The molecule has 2 aromatic rings. The van der Waals surface area contributed by atoms with Crippen LogP contribution >= 0.6 is 0 Å². The quantitative estimate of drug-likeness (QED) is 0.884. The molecule has 0 fully saturated rings. The average molecular weight is 289 g/mol. The lowest BCUT2D eigenvalue weighted by molar-refractivity contribution is 0.409. The summed E-state index contributed by atoms with van der Waals surface area (Å²) in [6, 6.07) is 6.02. The largest absolute Gasteiger partial charge is 0.494 e. The summed E-state index contributed by atoms with van der Waals surface area (Å²) in [7, 11) is 1.65. The van der Waals surface area contributed by atoms with Crippen LogP contribution in [-0.4, -0.2) is 33.9 Å². The van der Waals surface area contributed by atoms with E-state index < -0.39 is 0 Å². The number of nitrogens with zero attached hydrogens (tertiary/aromatic N) is 4. The molecule has 1 aromatic carbocycles. The summed E-state index contributed by atoms with van der Waals surface area (Å²) in [6.45, 7) is 9.36. The lowest BCUT2D eigenvalue weighted by atomic mass is 10.2.